The van der Waals surface area contributed by atoms with Crippen molar-refractivity contribution >= 4 is 11.6 Å². The number of aromatic nitrogens is 1. The summed E-state index contributed by atoms with van der Waals surface area (Å²) < 4.78 is 16.7. The monoisotopic (exact) mass is 328 g/mol. The molecule has 1 aromatic heterocycles. The Kier molecular flexibility index (Phi) is 4.29. The highest BCUT2D eigenvalue weighted by Crippen LogP contribution is 2.41. The Balaban J connectivity index is 1.65. The van der Waals surface area contributed by atoms with Gasteiger partial charge in [-0.05, 0) is 32.0 Å². The van der Waals surface area contributed by atoms with Crippen molar-refractivity contribution in [2.75, 3.05) is 19.0 Å². The first-order valence-electron chi connectivity index (χ1n) is 7.71. The minimum Gasteiger partial charge on any atom is -0.483 e. The van der Waals surface area contributed by atoms with Gasteiger partial charge in [0.1, 0.15) is 11.3 Å². The van der Waals surface area contributed by atoms with E-state index in [-0.39, 0.29) is 18.1 Å². The van der Waals surface area contributed by atoms with Gasteiger partial charge in [-0.3, -0.25) is 4.79 Å². The van der Waals surface area contributed by atoms with E-state index in [4.69, 9.17) is 14.2 Å². The molecule has 2 heterocycles. The third-order valence-corrected chi connectivity index (χ3v) is 3.65. The summed E-state index contributed by atoms with van der Waals surface area (Å²) >= 11 is 0. The number of anilines is 1. The molecule has 1 aliphatic rings. The number of carbonyl (C=O) groups excluding carboxylic acids is 1. The van der Waals surface area contributed by atoms with Crippen molar-refractivity contribution in [2.45, 2.75) is 25.9 Å². The van der Waals surface area contributed by atoms with Crippen LogP contribution in [0, 0.1) is 0 Å². The Morgan fingerprint density at radius 2 is 2.17 bits per heavy atom. The Hall–Kier alpha value is -2.76. The fourth-order valence-electron chi connectivity index (χ4n) is 2.68. The standard InChI is InChI=1S/C18H20N2O4/c1-18(2)10-12-6-4-8-14(16(12)24-18)23-11-15(21)20-13-7-5-9-19-17(13)22-3/h4-9H,10-11H2,1-3H3,(H,20,21). The molecule has 0 atom stereocenters. The van der Waals surface area contributed by atoms with E-state index in [0.29, 0.717) is 23.1 Å². The highest BCUT2D eigenvalue weighted by Gasteiger charge is 2.32. The lowest BCUT2D eigenvalue weighted by Gasteiger charge is -2.18. The van der Waals surface area contributed by atoms with Crippen LogP contribution in [0.1, 0.15) is 19.4 Å². The number of para-hydroxylation sites is 1. The van der Waals surface area contributed by atoms with Crippen molar-refractivity contribution in [2.24, 2.45) is 0 Å². The molecule has 3 rings (SSSR count). The molecule has 0 saturated heterocycles. The molecule has 1 aliphatic heterocycles. The quantitative estimate of drug-likeness (QED) is 0.914. The molecule has 0 spiro atoms. The third-order valence-electron chi connectivity index (χ3n) is 3.65. The lowest BCUT2D eigenvalue weighted by atomic mass is 10.0. The van der Waals surface area contributed by atoms with Crippen LogP contribution >= 0.6 is 0 Å². The molecule has 0 unspecified atom stereocenters. The van der Waals surface area contributed by atoms with E-state index < -0.39 is 0 Å². The van der Waals surface area contributed by atoms with Crippen LogP contribution in [0.25, 0.3) is 0 Å². The number of benzene rings is 1. The Bertz CT molecular complexity index is 758. The summed E-state index contributed by atoms with van der Waals surface area (Å²) in [6, 6.07) is 9.16. The normalized spacial score (nSPS) is 14.5. The predicted molar refractivity (Wildman–Crippen MR) is 89.8 cm³/mol. The van der Waals surface area contributed by atoms with Crippen LogP contribution in [0.4, 0.5) is 5.69 Å². The Morgan fingerprint density at radius 1 is 1.33 bits per heavy atom. The first-order valence-corrected chi connectivity index (χ1v) is 7.71. The average molecular weight is 328 g/mol. The second-order valence-corrected chi connectivity index (χ2v) is 6.18. The van der Waals surface area contributed by atoms with Gasteiger partial charge in [0.15, 0.2) is 18.1 Å². The molecule has 126 valence electrons. The molecule has 0 saturated carbocycles. The van der Waals surface area contributed by atoms with Gasteiger partial charge in [-0.1, -0.05) is 12.1 Å². The number of nitrogens with one attached hydrogen (secondary N) is 1. The van der Waals surface area contributed by atoms with Gasteiger partial charge in [-0.2, -0.15) is 0 Å². The van der Waals surface area contributed by atoms with Crippen LogP contribution in [0.3, 0.4) is 0 Å². The lowest BCUT2D eigenvalue weighted by Crippen LogP contribution is -2.25. The summed E-state index contributed by atoms with van der Waals surface area (Å²) in [7, 11) is 1.50. The lowest BCUT2D eigenvalue weighted by molar-refractivity contribution is -0.118. The topological polar surface area (TPSA) is 69.7 Å². The maximum atomic E-state index is 12.1. The molecule has 1 N–H and O–H groups in total. The smallest absolute Gasteiger partial charge is 0.262 e. The zero-order valence-electron chi connectivity index (χ0n) is 14.0. The minimum atomic E-state index is -0.295. The zero-order chi connectivity index (χ0) is 17.2. The van der Waals surface area contributed by atoms with Gasteiger partial charge >= 0.3 is 0 Å². The second kappa shape index (κ2) is 6.39. The molecule has 0 bridgehead atoms. The van der Waals surface area contributed by atoms with Crippen molar-refractivity contribution in [3.63, 3.8) is 0 Å². The van der Waals surface area contributed by atoms with E-state index >= 15 is 0 Å². The van der Waals surface area contributed by atoms with Crippen LogP contribution in [-0.2, 0) is 11.2 Å². The van der Waals surface area contributed by atoms with Crippen molar-refractivity contribution in [3.8, 4) is 17.4 Å². The number of fused-ring (bicyclic) bond motifs is 1. The molecule has 0 aliphatic carbocycles. The van der Waals surface area contributed by atoms with Crippen molar-refractivity contribution < 1.29 is 19.0 Å². The summed E-state index contributed by atoms with van der Waals surface area (Å²) in [6.45, 7) is 3.93. The van der Waals surface area contributed by atoms with Gasteiger partial charge in [0.25, 0.3) is 5.91 Å². The molecule has 1 aromatic carbocycles. The zero-order valence-corrected chi connectivity index (χ0v) is 14.0. The third kappa shape index (κ3) is 3.42. The van der Waals surface area contributed by atoms with E-state index in [9.17, 15) is 4.79 Å². The molecular formula is C18H20N2O4. The van der Waals surface area contributed by atoms with Gasteiger partial charge in [0.05, 0.1) is 7.11 Å². The molecule has 24 heavy (non-hydrogen) atoms. The number of methoxy groups -OCH3 is 1. The number of amides is 1. The largest absolute Gasteiger partial charge is 0.483 e. The number of ether oxygens (including phenoxy) is 3. The first-order chi connectivity index (χ1) is 11.5. The van der Waals surface area contributed by atoms with Gasteiger partial charge < -0.3 is 19.5 Å². The fourth-order valence-corrected chi connectivity index (χ4v) is 2.68. The first kappa shape index (κ1) is 16.1. The maximum Gasteiger partial charge on any atom is 0.262 e. The predicted octanol–water partition coefficient (Wildman–Crippen LogP) is 2.82. The molecule has 6 heteroatoms. The minimum absolute atomic E-state index is 0.127. The van der Waals surface area contributed by atoms with E-state index in [1.165, 1.54) is 7.11 Å². The molecule has 2 aromatic rings. The maximum absolute atomic E-state index is 12.1. The van der Waals surface area contributed by atoms with Crippen molar-refractivity contribution in [1.82, 2.24) is 4.98 Å². The van der Waals surface area contributed by atoms with Crippen LogP contribution in [0.5, 0.6) is 17.4 Å². The Morgan fingerprint density at radius 3 is 2.96 bits per heavy atom. The molecule has 0 fully saturated rings. The summed E-state index contributed by atoms with van der Waals surface area (Å²) in [5.74, 6) is 1.35. The number of rotatable bonds is 5. The summed E-state index contributed by atoms with van der Waals surface area (Å²) in [5, 5.41) is 2.72. The summed E-state index contributed by atoms with van der Waals surface area (Å²) in [6.07, 6.45) is 2.41. The van der Waals surface area contributed by atoms with Crippen LogP contribution in [-0.4, -0.2) is 30.2 Å². The summed E-state index contributed by atoms with van der Waals surface area (Å²) in [4.78, 5) is 16.2. The van der Waals surface area contributed by atoms with Gasteiger partial charge in [0, 0.05) is 18.2 Å². The van der Waals surface area contributed by atoms with Crippen molar-refractivity contribution in [3.05, 3.63) is 42.1 Å². The SMILES string of the molecule is COc1ncccc1NC(=O)COc1cccc2c1OC(C)(C)C2. The number of carbonyl (C=O) groups is 1. The van der Waals surface area contributed by atoms with Gasteiger partial charge in [0.2, 0.25) is 5.88 Å². The number of nitrogens with zero attached hydrogens (tertiary/aromatic N) is 1. The fraction of sp³-hybridized carbons (Fsp3) is 0.333. The van der Waals surface area contributed by atoms with Crippen LogP contribution in [0.2, 0.25) is 0 Å². The highest BCUT2D eigenvalue weighted by atomic mass is 16.5. The second-order valence-electron chi connectivity index (χ2n) is 6.18. The van der Waals surface area contributed by atoms with E-state index in [1.54, 1.807) is 24.4 Å². The van der Waals surface area contributed by atoms with Crippen LogP contribution in [0.15, 0.2) is 36.5 Å². The van der Waals surface area contributed by atoms with E-state index in [0.717, 1.165) is 12.0 Å². The van der Waals surface area contributed by atoms with Gasteiger partial charge in [-0.15, -0.1) is 0 Å². The molecule has 0 radical (unpaired) electrons. The van der Waals surface area contributed by atoms with Crippen molar-refractivity contribution in [1.29, 1.82) is 0 Å². The highest BCUT2D eigenvalue weighted by molar-refractivity contribution is 5.93. The molecular weight excluding hydrogens is 308 g/mol. The number of hydrogen-bond acceptors (Lipinski definition) is 5. The van der Waals surface area contributed by atoms with E-state index in [2.05, 4.69) is 10.3 Å². The summed E-state index contributed by atoms with van der Waals surface area (Å²) in [5.41, 5.74) is 1.34. The van der Waals surface area contributed by atoms with Crippen LogP contribution < -0.4 is 19.5 Å². The number of pyridine rings is 1. The molecule has 6 nitrogen and oxygen atoms in total. The molecule has 1 amide bonds. The Labute approximate surface area is 140 Å². The average Bonchev–Trinajstić information content (AvgIpc) is 2.87. The van der Waals surface area contributed by atoms with Gasteiger partial charge in [-0.25, -0.2) is 4.98 Å². The van der Waals surface area contributed by atoms with E-state index in [1.807, 2.05) is 26.0 Å². The number of hydrogen-bond donors (Lipinski definition) is 1.